The normalized spacial score (nSPS) is 22.9. The Morgan fingerprint density at radius 1 is 1.53 bits per heavy atom. The number of rotatable bonds is 3. The van der Waals surface area contributed by atoms with Crippen LogP contribution in [0.3, 0.4) is 0 Å². The molecule has 2 atom stereocenters. The Balaban J connectivity index is 2.11. The number of hydrogen-bond acceptors (Lipinski definition) is 3. The van der Waals surface area contributed by atoms with E-state index in [-0.39, 0.29) is 18.0 Å². The number of carbonyl (C=O) groups is 1. The summed E-state index contributed by atoms with van der Waals surface area (Å²) in [5.41, 5.74) is 0.518. The number of benzene rings is 1. The number of methoxy groups -OCH3 is 1. The molecule has 104 valence electrons. The molecule has 0 aliphatic carbocycles. The maximum atomic E-state index is 12.3. The van der Waals surface area contributed by atoms with Gasteiger partial charge in [-0.05, 0) is 44.5 Å². The molecule has 1 aliphatic heterocycles. The van der Waals surface area contributed by atoms with E-state index in [0.29, 0.717) is 16.3 Å². The van der Waals surface area contributed by atoms with Crippen LogP contribution >= 0.6 is 11.6 Å². The van der Waals surface area contributed by atoms with Gasteiger partial charge in [-0.15, -0.1) is 0 Å². The number of halogens is 1. The smallest absolute Gasteiger partial charge is 0.255 e. The van der Waals surface area contributed by atoms with Crippen molar-refractivity contribution in [2.24, 2.45) is 0 Å². The molecule has 2 N–H and O–H groups in total. The van der Waals surface area contributed by atoms with Crippen LogP contribution in [0.15, 0.2) is 18.2 Å². The molecular weight excluding hydrogens is 264 g/mol. The van der Waals surface area contributed by atoms with Gasteiger partial charge in [0.2, 0.25) is 0 Å². The average Bonchev–Trinajstić information content (AvgIpc) is 2.41. The molecule has 1 saturated heterocycles. The van der Waals surface area contributed by atoms with Crippen LogP contribution in [0.2, 0.25) is 5.02 Å². The number of ether oxygens (including phenoxy) is 1. The van der Waals surface area contributed by atoms with Gasteiger partial charge in [0.05, 0.1) is 12.7 Å². The lowest BCUT2D eigenvalue weighted by atomic mass is 9.99. The third-order valence-electron chi connectivity index (χ3n) is 3.49. The van der Waals surface area contributed by atoms with E-state index in [2.05, 4.69) is 17.6 Å². The van der Waals surface area contributed by atoms with E-state index in [0.717, 1.165) is 19.4 Å². The van der Waals surface area contributed by atoms with Crippen LogP contribution in [0, 0.1) is 0 Å². The van der Waals surface area contributed by atoms with E-state index in [4.69, 9.17) is 16.3 Å². The summed E-state index contributed by atoms with van der Waals surface area (Å²) in [6.07, 6.45) is 2.07. The van der Waals surface area contributed by atoms with Crippen molar-refractivity contribution in [2.75, 3.05) is 13.7 Å². The second kappa shape index (κ2) is 6.26. The van der Waals surface area contributed by atoms with Gasteiger partial charge in [0.1, 0.15) is 5.75 Å². The first-order chi connectivity index (χ1) is 9.11. The van der Waals surface area contributed by atoms with Crippen molar-refractivity contribution in [3.8, 4) is 5.75 Å². The van der Waals surface area contributed by atoms with Gasteiger partial charge in [-0.25, -0.2) is 0 Å². The van der Waals surface area contributed by atoms with Crippen LogP contribution < -0.4 is 15.4 Å². The second-order valence-electron chi connectivity index (χ2n) is 4.81. The first-order valence-electron chi connectivity index (χ1n) is 6.49. The highest BCUT2D eigenvalue weighted by molar-refractivity contribution is 6.30. The number of hydrogen-bond donors (Lipinski definition) is 2. The summed E-state index contributed by atoms with van der Waals surface area (Å²) >= 11 is 5.89. The third kappa shape index (κ3) is 3.39. The summed E-state index contributed by atoms with van der Waals surface area (Å²) in [7, 11) is 1.53. The van der Waals surface area contributed by atoms with Crippen molar-refractivity contribution >= 4 is 17.5 Å². The molecule has 2 rings (SSSR count). The summed E-state index contributed by atoms with van der Waals surface area (Å²) < 4.78 is 5.20. The predicted octanol–water partition coefficient (Wildman–Crippen LogP) is 2.22. The quantitative estimate of drug-likeness (QED) is 0.894. The fourth-order valence-electron chi connectivity index (χ4n) is 2.34. The first kappa shape index (κ1) is 14.2. The monoisotopic (exact) mass is 282 g/mol. The molecule has 1 aromatic carbocycles. The molecule has 1 fully saturated rings. The van der Waals surface area contributed by atoms with Crippen LogP contribution in [-0.2, 0) is 0 Å². The Morgan fingerprint density at radius 3 is 3.00 bits per heavy atom. The lowest BCUT2D eigenvalue weighted by Crippen LogP contribution is -2.51. The number of nitrogens with one attached hydrogen (secondary N) is 2. The highest BCUT2D eigenvalue weighted by atomic mass is 35.5. The molecule has 0 radical (unpaired) electrons. The lowest BCUT2D eigenvalue weighted by molar-refractivity contribution is 0.0917. The lowest BCUT2D eigenvalue weighted by Gasteiger charge is -2.30. The zero-order chi connectivity index (χ0) is 13.8. The van der Waals surface area contributed by atoms with E-state index in [1.807, 2.05) is 0 Å². The van der Waals surface area contributed by atoms with Gasteiger partial charge in [-0.1, -0.05) is 11.6 Å². The zero-order valence-corrected chi connectivity index (χ0v) is 12.0. The standard InChI is InChI=1S/C14H19ClN2O2/c1-9-12(4-3-7-16-9)17-14(18)11-6-5-10(15)8-13(11)19-2/h5-6,8-9,12,16H,3-4,7H2,1-2H3,(H,17,18). The minimum absolute atomic E-state index is 0.117. The Kier molecular flexibility index (Phi) is 4.66. The van der Waals surface area contributed by atoms with Gasteiger partial charge in [-0.3, -0.25) is 4.79 Å². The van der Waals surface area contributed by atoms with Gasteiger partial charge >= 0.3 is 0 Å². The Hall–Kier alpha value is -1.26. The minimum atomic E-state index is -0.117. The molecule has 5 heteroatoms. The summed E-state index contributed by atoms with van der Waals surface area (Å²) in [6, 6.07) is 5.48. The van der Waals surface area contributed by atoms with Gasteiger partial charge in [-0.2, -0.15) is 0 Å². The Morgan fingerprint density at radius 2 is 2.32 bits per heavy atom. The van der Waals surface area contributed by atoms with Crippen LogP contribution in [0.1, 0.15) is 30.1 Å². The summed E-state index contributed by atoms with van der Waals surface area (Å²) in [6.45, 7) is 3.10. The molecule has 0 spiro atoms. The molecule has 19 heavy (non-hydrogen) atoms. The topological polar surface area (TPSA) is 50.4 Å². The minimum Gasteiger partial charge on any atom is -0.496 e. The SMILES string of the molecule is COc1cc(Cl)ccc1C(=O)NC1CCCNC1C. The molecule has 0 saturated carbocycles. The molecule has 0 aromatic heterocycles. The molecule has 1 aliphatic rings. The number of piperidine rings is 1. The van der Waals surface area contributed by atoms with E-state index < -0.39 is 0 Å². The molecule has 1 amide bonds. The van der Waals surface area contributed by atoms with Gasteiger partial charge in [0.25, 0.3) is 5.91 Å². The molecule has 2 unspecified atom stereocenters. The molecule has 0 bridgehead atoms. The molecule has 1 heterocycles. The van der Waals surface area contributed by atoms with E-state index >= 15 is 0 Å². The summed E-state index contributed by atoms with van der Waals surface area (Å²) in [5, 5.41) is 6.97. The van der Waals surface area contributed by atoms with Crippen LogP contribution in [0.4, 0.5) is 0 Å². The molecule has 1 aromatic rings. The van der Waals surface area contributed by atoms with Crippen molar-refractivity contribution in [1.29, 1.82) is 0 Å². The zero-order valence-electron chi connectivity index (χ0n) is 11.2. The highest BCUT2D eigenvalue weighted by Gasteiger charge is 2.24. The van der Waals surface area contributed by atoms with Crippen molar-refractivity contribution in [1.82, 2.24) is 10.6 Å². The van der Waals surface area contributed by atoms with Crippen molar-refractivity contribution in [3.05, 3.63) is 28.8 Å². The van der Waals surface area contributed by atoms with E-state index in [9.17, 15) is 4.79 Å². The first-order valence-corrected chi connectivity index (χ1v) is 6.87. The van der Waals surface area contributed by atoms with Gasteiger partial charge < -0.3 is 15.4 Å². The molecular formula is C14H19ClN2O2. The third-order valence-corrected chi connectivity index (χ3v) is 3.72. The van der Waals surface area contributed by atoms with E-state index in [1.54, 1.807) is 18.2 Å². The molecule has 4 nitrogen and oxygen atoms in total. The van der Waals surface area contributed by atoms with Crippen LogP contribution in [0.25, 0.3) is 0 Å². The number of carbonyl (C=O) groups excluding carboxylic acids is 1. The largest absolute Gasteiger partial charge is 0.496 e. The predicted molar refractivity (Wildman–Crippen MR) is 76.0 cm³/mol. The van der Waals surface area contributed by atoms with Crippen molar-refractivity contribution in [2.45, 2.75) is 31.8 Å². The Labute approximate surface area is 118 Å². The second-order valence-corrected chi connectivity index (χ2v) is 5.25. The van der Waals surface area contributed by atoms with Gasteiger partial charge in [0.15, 0.2) is 0 Å². The van der Waals surface area contributed by atoms with Crippen LogP contribution in [0.5, 0.6) is 5.75 Å². The Bertz CT molecular complexity index is 465. The fourth-order valence-corrected chi connectivity index (χ4v) is 2.50. The summed E-state index contributed by atoms with van der Waals surface area (Å²) in [4.78, 5) is 12.3. The maximum Gasteiger partial charge on any atom is 0.255 e. The summed E-state index contributed by atoms with van der Waals surface area (Å²) in [5.74, 6) is 0.385. The highest BCUT2D eigenvalue weighted by Crippen LogP contribution is 2.23. The maximum absolute atomic E-state index is 12.3. The van der Waals surface area contributed by atoms with Crippen molar-refractivity contribution in [3.63, 3.8) is 0 Å². The number of amides is 1. The van der Waals surface area contributed by atoms with Crippen LogP contribution in [-0.4, -0.2) is 31.6 Å². The average molecular weight is 283 g/mol. The van der Waals surface area contributed by atoms with E-state index in [1.165, 1.54) is 7.11 Å². The van der Waals surface area contributed by atoms with Gasteiger partial charge in [0, 0.05) is 17.1 Å². The van der Waals surface area contributed by atoms with Crippen molar-refractivity contribution < 1.29 is 9.53 Å². The fraction of sp³-hybridized carbons (Fsp3) is 0.500.